The van der Waals surface area contributed by atoms with E-state index in [0.717, 1.165) is 5.56 Å². The first kappa shape index (κ1) is 17.5. The maximum Gasteiger partial charge on any atom is 0.267 e. The van der Waals surface area contributed by atoms with Gasteiger partial charge in [-0.25, -0.2) is 4.39 Å². The zero-order valence-corrected chi connectivity index (χ0v) is 13.5. The van der Waals surface area contributed by atoms with Crippen LogP contribution in [0.5, 0.6) is 0 Å². The molecule has 0 aliphatic rings. The van der Waals surface area contributed by atoms with Gasteiger partial charge in [0.1, 0.15) is 17.5 Å². The van der Waals surface area contributed by atoms with Crippen LogP contribution in [0, 0.1) is 17.1 Å². The molecule has 0 bridgehead atoms. The van der Waals surface area contributed by atoms with Gasteiger partial charge in [-0.2, -0.15) is 5.26 Å². The smallest absolute Gasteiger partial charge is 0.267 e. The Hall–Kier alpha value is -2.84. The maximum absolute atomic E-state index is 12.8. The molecular weight excluding hydrogens is 329 g/mol. The van der Waals surface area contributed by atoms with Gasteiger partial charge in [0.15, 0.2) is 0 Å². The van der Waals surface area contributed by atoms with Gasteiger partial charge in [-0.3, -0.25) is 4.79 Å². The average Bonchev–Trinajstić information content (AvgIpc) is 2.58. The van der Waals surface area contributed by atoms with Crippen LogP contribution in [0.15, 0.2) is 60.3 Å². The first-order valence-corrected chi connectivity index (χ1v) is 7.62. The molecule has 0 aliphatic heterocycles. The van der Waals surface area contributed by atoms with Crippen LogP contribution in [0.25, 0.3) is 0 Å². The van der Waals surface area contributed by atoms with Crippen LogP contribution in [0.2, 0.25) is 5.02 Å². The SMILES string of the molecule is N#C/C(=C/NCCc1ccccc1Cl)C(=O)Nc1ccc(F)cc1. The average molecular weight is 344 g/mol. The van der Waals surface area contributed by atoms with E-state index in [2.05, 4.69) is 10.6 Å². The molecule has 0 spiro atoms. The minimum atomic E-state index is -0.561. The molecule has 0 radical (unpaired) electrons. The van der Waals surface area contributed by atoms with Crippen molar-refractivity contribution in [1.82, 2.24) is 5.32 Å². The minimum Gasteiger partial charge on any atom is -0.389 e. The molecule has 0 aromatic heterocycles. The molecule has 6 heteroatoms. The van der Waals surface area contributed by atoms with Gasteiger partial charge in [-0.1, -0.05) is 29.8 Å². The number of amides is 1. The predicted molar refractivity (Wildman–Crippen MR) is 91.9 cm³/mol. The second-order valence-corrected chi connectivity index (χ2v) is 5.33. The molecule has 2 aromatic carbocycles. The molecule has 0 atom stereocenters. The second kappa shape index (κ2) is 8.70. The van der Waals surface area contributed by atoms with Crippen molar-refractivity contribution in [2.75, 3.05) is 11.9 Å². The number of carbonyl (C=O) groups excluding carboxylic acids is 1. The molecule has 0 saturated heterocycles. The number of nitriles is 1. The van der Waals surface area contributed by atoms with E-state index in [1.165, 1.54) is 30.5 Å². The lowest BCUT2D eigenvalue weighted by molar-refractivity contribution is -0.112. The molecule has 0 saturated carbocycles. The number of anilines is 1. The number of hydrogen-bond donors (Lipinski definition) is 2. The Bertz CT molecular complexity index is 782. The lowest BCUT2D eigenvalue weighted by atomic mass is 10.1. The Morgan fingerprint density at radius 2 is 1.92 bits per heavy atom. The topological polar surface area (TPSA) is 64.9 Å². The number of benzene rings is 2. The highest BCUT2D eigenvalue weighted by molar-refractivity contribution is 6.31. The van der Waals surface area contributed by atoms with E-state index in [1.54, 1.807) is 0 Å². The maximum atomic E-state index is 12.8. The fourth-order valence-corrected chi connectivity index (χ4v) is 2.19. The number of rotatable bonds is 6. The van der Waals surface area contributed by atoms with Crippen LogP contribution in [0.3, 0.4) is 0 Å². The lowest BCUT2D eigenvalue weighted by Crippen LogP contribution is -2.18. The van der Waals surface area contributed by atoms with Crippen molar-refractivity contribution in [2.45, 2.75) is 6.42 Å². The van der Waals surface area contributed by atoms with Gasteiger partial charge in [0.05, 0.1) is 0 Å². The van der Waals surface area contributed by atoms with Gasteiger partial charge < -0.3 is 10.6 Å². The third kappa shape index (κ3) is 5.11. The van der Waals surface area contributed by atoms with Crippen molar-refractivity contribution in [1.29, 1.82) is 5.26 Å². The van der Waals surface area contributed by atoms with E-state index in [-0.39, 0.29) is 5.57 Å². The predicted octanol–water partition coefficient (Wildman–Crippen LogP) is 3.66. The molecule has 2 aromatic rings. The van der Waals surface area contributed by atoms with Crippen LogP contribution in [-0.2, 0) is 11.2 Å². The summed E-state index contributed by atoms with van der Waals surface area (Å²) in [5, 5.41) is 15.2. The largest absolute Gasteiger partial charge is 0.389 e. The van der Waals surface area contributed by atoms with E-state index in [4.69, 9.17) is 16.9 Å². The van der Waals surface area contributed by atoms with E-state index < -0.39 is 11.7 Å². The van der Waals surface area contributed by atoms with E-state index >= 15 is 0 Å². The third-order valence-electron chi connectivity index (χ3n) is 3.21. The fraction of sp³-hybridized carbons (Fsp3) is 0.111. The molecule has 24 heavy (non-hydrogen) atoms. The van der Waals surface area contributed by atoms with Crippen LogP contribution in [0.4, 0.5) is 10.1 Å². The molecule has 0 aliphatic carbocycles. The molecule has 0 fully saturated rings. The van der Waals surface area contributed by atoms with Crippen molar-refractivity contribution in [3.05, 3.63) is 76.7 Å². The number of nitrogens with zero attached hydrogens (tertiary/aromatic N) is 1. The van der Waals surface area contributed by atoms with Gasteiger partial charge in [-0.05, 0) is 42.3 Å². The summed E-state index contributed by atoms with van der Waals surface area (Å²) in [5.41, 5.74) is 1.33. The number of halogens is 2. The highest BCUT2D eigenvalue weighted by Gasteiger charge is 2.09. The molecule has 0 heterocycles. The van der Waals surface area contributed by atoms with Gasteiger partial charge >= 0.3 is 0 Å². The van der Waals surface area contributed by atoms with E-state index in [0.29, 0.717) is 23.7 Å². The van der Waals surface area contributed by atoms with E-state index in [1.807, 2.05) is 30.3 Å². The summed E-state index contributed by atoms with van der Waals surface area (Å²) in [4.78, 5) is 12.0. The van der Waals surface area contributed by atoms with Gasteiger partial charge in [-0.15, -0.1) is 0 Å². The minimum absolute atomic E-state index is 0.0708. The van der Waals surface area contributed by atoms with Crippen LogP contribution in [-0.4, -0.2) is 12.5 Å². The Morgan fingerprint density at radius 3 is 2.58 bits per heavy atom. The third-order valence-corrected chi connectivity index (χ3v) is 3.58. The van der Waals surface area contributed by atoms with Crippen molar-refractivity contribution >= 4 is 23.2 Å². The number of carbonyl (C=O) groups is 1. The van der Waals surface area contributed by atoms with Crippen LogP contribution in [0.1, 0.15) is 5.56 Å². The van der Waals surface area contributed by atoms with Gasteiger partial charge in [0.2, 0.25) is 0 Å². The highest BCUT2D eigenvalue weighted by Crippen LogP contribution is 2.14. The summed E-state index contributed by atoms with van der Waals surface area (Å²) in [6, 6.07) is 14.6. The summed E-state index contributed by atoms with van der Waals surface area (Å²) in [6.07, 6.45) is 2.02. The lowest BCUT2D eigenvalue weighted by Gasteiger charge is -2.06. The Balaban J connectivity index is 1.89. The van der Waals surface area contributed by atoms with Gasteiger partial charge in [0, 0.05) is 23.5 Å². The van der Waals surface area contributed by atoms with Crippen LogP contribution < -0.4 is 10.6 Å². The Morgan fingerprint density at radius 1 is 1.21 bits per heavy atom. The van der Waals surface area contributed by atoms with Crippen LogP contribution >= 0.6 is 11.6 Å². The Labute approximate surface area is 144 Å². The Kier molecular flexibility index (Phi) is 6.35. The molecule has 122 valence electrons. The normalized spacial score (nSPS) is 10.8. The fourth-order valence-electron chi connectivity index (χ4n) is 1.96. The molecule has 4 nitrogen and oxygen atoms in total. The standard InChI is InChI=1S/C18H15ClFN3O/c19-17-4-2-1-3-13(17)9-10-22-12-14(11-21)18(24)23-16-7-5-15(20)6-8-16/h1-8,12,22H,9-10H2,(H,23,24)/b14-12-. The summed E-state index contributed by atoms with van der Waals surface area (Å²) in [5.74, 6) is -0.959. The summed E-state index contributed by atoms with van der Waals surface area (Å²) >= 11 is 6.06. The molecule has 2 rings (SSSR count). The molecule has 1 amide bonds. The zero-order chi connectivity index (χ0) is 17.4. The highest BCUT2D eigenvalue weighted by atomic mass is 35.5. The molecule has 0 unspecified atom stereocenters. The number of hydrogen-bond acceptors (Lipinski definition) is 3. The van der Waals surface area contributed by atoms with Crippen molar-refractivity contribution in [3.8, 4) is 6.07 Å². The zero-order valence-electron chi connectivity index (χ0n) is 12.7. The van der Waals surface area contributed by atoms with E-state index in [9.17, 15) is 9.18 Å². The summed E-state index contributed by atoms with van der Waals surface area (Å²) in [7, 11) is 0. The summed E-state index contributed by atoms with van der Waals surface area (Å²) in [6.45, 7) is 0.527. The van der Waals surface area contributed by atoms with Crippen molar-refractivity contribution < 1.29 is 9.18 Å². The van der Waals surface area contributed by atoms with Gasteiger partial charge in [0.25, 0.3) is 5.91 Å². The number of nitrogens with one attached hydrogen (secondary N) is 2. The summed E-state index contributed by atoms with van der Waals surface area (Å²) < 4.78 is 12.8. The second-order valence-electron chi connectivity index (χ2n) is 4.93. The first-order chi connectivity index (χ1) is 11.6. The van der Waals surface area contributed by atoms with Crippen molar-refractivity contribution in [2.24, 2.45) is 0 Å². The quantitative estimate of drug-likeness (QED) is 0.478. The monoisotopic (exact) mass is 343 g/mol. The molecular formula is C18H15ClFN3O. The first-order valence-electron chi connectivity index (χ1n) is 7.24. The molecule has 2 N–H and O–H groups in total. The van der Waals surface area contributed by atoms with Crippen molar-refractivity contribution in [3.63, 3.8) is 0 Å².